The van der Waals surface area contributed by atoms with Crippen molar-refractivity contribution < 1.29 is 42.1 Å². The van der Waals surface area contributed by atoms with Crippen LogP contribution >= 0.6 is 11.6 Å². The Morgan fingerprint density at radius 2 is 1.67 bits per heavy atom. The van der Waals surface area contributed by atoms with Gasteiger partial charge in [0.1, 0.15) is 23.8 Å². The molecule has 0 aliphatic rings. The van der Waals surface area contributed by atoms with E-state index in [0.29, 0.717) is 11.5 Å². The summed E-state index contributed by atoms with van der Waals surface area (Å²) < 4.78 is 43.9. The molecule has 2 aromatic rings. The highest BCUT2D eigenvalue weighted by Crippen LogP contribution is 2.29. The Morgan fingerprint density at radius 3 is 2.21 bits per heavy atom. The number of anilines is 1. The molecule has 0 radical (unpaired) electrons. The first-order chi connectivity index (χ1) is 15.6. The van der Waals surface area contributed by atoms with E-state index in [0.717, 1.165) is 6.07 Å². The first-order valence-electron chi connectivity index (χ1n) is 9.39. The summed E-state index contributed by atoms with van der Waals surface area (Å²) in [6, 6.07) is 8.15. The number of hydrogen-bond donors (Lipinski definition) is 2. The average molecular weight is 487 g/mol. The Hall–Kier alpha value is -3.60. The van der Waals surface area contributed by atoms with Crippen molar-refractivity contribution in [1.29, 1.82) is 0 Å². The van der Waals surface area contributed by atoms with Crippen LogP contribution in [0.3, 0.4) is 0 Å². The summed E-state index contributed by atoms with van der Waals surface area (Å²) in [5.41, 5.74) is 0.371. The first-order valence-corrected chi connectivity index (χ1v) is 9.76. The van der Waals surface area contributed by atoms with Gasteiger partial charge < -0.3 is 29.6 Å². The average Bonchev–Trinajstić information content (AvgIpc) is 2.78. The van der Waals surface area contributed by atoms with E-state index in [4.69, 9.17) is 25.8 Å². The van der Waals surface area contributed by atoms with E-state index < -0.39 is 37.0 Å². The minimum atomic E-state index is -3.05. The number of alkyl halides is 2. The number of nitrogens with one attached hydrogen (secondary N) is 2. The van der Waals surface area contributed by atoms with Crippen molar-refractivity contribution in [2.75, 3.05) is 26.1 Å². The summed E-state index contributed by atoms with van der Waals surface area (Å²) >= 11 is 5.83. The molecular formula is C21H21ClF2N2O7. The van der Waals surface area contributed by atoms with Gasteiger partial charge in [-0.3, -0.25) is 14.4 Å². The van der Waals surface area contributed by atoms with Gasteiger partial charge in [0.25, 0.3) is 11.8 Å². The van der Waals surface area contributed by atoms with Gasteiger partial charge in [-0.15, -0.1) is 0 Å². The Morgan fingerprint density at radius 1 is 1.03 bits per heavy atom. The zero-order valence-electron chi connectivity index (χ0n) is 17.8. The van der Waals surface area contributed by atoms with E-state index >= 15 is 0 Å². The number of carbonyl (C=O) groups is 3. The van der Waals surface area contributed by atoms with Crippen LogP contribution in [-0.2, 0) is 14.3 Å². The Bertz CT molecular complexity index is 998. The van der Waals surface area contributed by atoms with Crippen LogP contribution in [0.4, 0.5) is 14.5 Å². The molecule has 9 nitrogen and oxygen atoms in total. The summed E-state index contributed by atoms with van der Waals surface area (Å²) in [6.07, 6.45) is -1.22. The zero-order chi connectivity index (χ0) is 24.5. The molecule has 0 aliphatic carbocycles. The van der Waals surface area contributed by atoms with Crippen molar-refractivity contribution in [2.45, 2.75) is 19.6 Å². The lowest BCUT2D eigenvalue weighted by atomic mass is 10.2. The van der Waals surface area contributed by atoms with E-state index in [9.17, 15) is 23.2 Å². The van der Waals surface area contributed by atoms with Crippen molar-refractivity contribution in [3.8, 4) is 17.2 Å². The van der Waals surface area contributed by atoms with Gasteiger partial charge in [0.05, 0.1) is 19.2 Å². The lowest BCUT2D eigenvalue weighted by Gasteiger charge is -2.15. The maximum atomic E-state index is 12.3. The molecule has 0 saturated heterocycles. The molecule has 0 saturated carbocycles. The monoisotopic (exact) mass is 486 g/mol. The van der Waals surface area contributed by atoms with Crippen LogP contribution in [-0.4, -0.2) is 51.3 Å². The van der Waals surface area contributed by atoms with Crippen LogP contribution in [0.5, 0.6) is 17.2 Å². The summed E-state index contributed by atoms with van der Waals surface area (Å²) in [5.74, 6) is -1.62. The number of halogens is 3. The molecule has 178 valence electrons. The molecule has 0 spiro atoms. The van der Waals surface area contributed by atoms with Gasteiger partial charge in [0.2, 0.25) is 0 Å². The highest BCUT2D eigenvalue weighted by atomic mass is 35.5. The highest BCUT2D eigenvalue weighted by Gasteiger charge is 2.20. The molecule has 2 aromatic carbocycles. The number of rotatable bonds is 10. The minimum Gasteiger partial charge on any atom is -0.497 e. The fraction of sp³-hybridized carbons (Fsp3) is 0.286. The lowest BCUT2D eigenvalue weighted by molar-refractivity contribution is -0.152. The number of methoxy groups -OCH3 is 2. The van der Waals surface area contributed by atoms with Crippen molar-refractivity contribution in [2.24, 2.45) is 0 Å². The second kappa shape index (κ2) is 11.9. The van der Waals surface area contributed by atoms with Gasteiger partial charge in [-0.25, -0.2) is 0 Å². The lowest BCUT2D eigenvalue weighted by Crippen LogP contribution is -2.35. The quantitative estimate of drug-likeness (QED) is 0.496. The number of carbonyl (C=O) groups excluding carboxylic acids is 3. The minimum absolute atomic E-state index is 0.144. The van der Waals surface area contributed by atoms with E-state index in [1.807, 2.05) is 0 Å². The van der Waals surface area contributed by atoms with E-state index in [1.165, 1.54) is 45.4 Å². The van der Waals surface area contributed by atoms with Gasteiger partial charge in [0, 0.05) is 17.3 Å². The molecule has 2 amide bonds. The number of hydrogen-bond acceptors (Lipinski definition) is 7. The number of ether oxygens (including phenoxy) is 4. The molecular weight excluding hydrogens is 466 g/mol. The standard InChI is InChI=1S/C21H21ClF2N2O7/c1-11(19(28)26-13-4-5-17(16(22)8-13)33-21(23)24)32-18(27)10-25-20(29)12-6-14(30-2)9-15(7-12)31-3/h4-9,11,21H,10H2,1-3H3,(H,25,29)(H,26,28). The summed E-state index contributed by atoms with van der Waals surface area (Å²) in [7, 11) is 2.86. The number of esters is 1. The molecule has 1 unspecified atom stereocenters. The maximum absolute atomic E-state index is 12.3. The SMILES string of the molecule is COc1cc(OC)cc(C(=O)NCC(=O)OC(C)C(=O)Nc2ccc(OC(F)F)c(Cl)c2)c1. The third kappa shape index (κ3) is 7.79. The molecule has 2 rings (SSSR count). The Balaban J connectivity index is 1.88. The van der Waals surface area contributed by atoms with Gasteiger partial charge in [-0.05, 0) is 37.3 Å². The molecule has 33 heavy (non-hydrogen) atoms. The number of amides is 2. The third-order valence-electron chi connectivity index (χ3n) is 4.10. The molecule has 1 atom stereocenters. The van der Waals surface area contributed by atoms with E-state index in [2.05, 4.69) is 15.4 Å². The second-order valence-electron chi connectivity index (χ2n) is 6.43. The van der Waals surface area contributed by atoms with Gasteiger partial charge >= 0.3 is 12.6 Å². The fourth-order valence-corrected chi connectivity index (χ4v) is 2.72. The summed E-state index contributed by atoms with van der Waals surface area (Å²) in [5, 5.41) is 4.66. The summed E-state index contributed by atoms with van der Waals surface area (Å²) in [6.45, 7) is -2.23. The van der Waals surface area contributed by atoms with Crippen molar-refractivity contribution >= 4 is 35.1 Å². The normalized spacial score (nSPS) is 11.4. The topological polar surface area (TPSA) is 112 Å². The van der Waals surface area contributed by atoms with Crippen molar-refractivity contribution in [3.05, 3.63) is 47.0 Å². The van der Waals surface area contributed by atoms with Crippen LogP contribution in [0.2, 0.25) is 5.02 Å². The number of benzene rings is 2. The fourth-order valence-electron chi connectivity index (χ4n) is 2.50. The Kier molecular flexibility index (Phi) is 9.22. The highest BCUT2D eigenvalue weighted by molar-refractivity contribution is 6.32. The predicted octanol–water partition coefficient (Wildman–Crippen LogP) is 3.26. The third-order valence-corrected chi connectivity index (χ3v) is 4.40. The van der Waals surface area contributed by atoms with Crippen LogP contribution in [0.15, 0.2) is 36.4 Å². The summed E-state index contributed by atoms with van der Waals surface area (Å²) in [4.78, 5) is 36.5. The molecule has 0 bridgehead atoms. The van der Waals surface area contributed by atoms with Crippen LogP contribution in [0.1, 0.15) is 17.3 Å². The largest absolute Gasteiger partial charge is 0.497 e. The second-order valence-corrected chi connectivity index (χ2v) is 6.84. The van der Waals surface area contributed by atoms with Crippen LogP contribution in [0, 0.1) is 0 Å². The van der Waals surface area contributed by atoms with Crippen molar-refractivity contribution in [1.82, 2.24) is 5.32 Å². The molecule has 2 N–H and O–H groups in total. The van der Waals surface area contributed by atoms with Gasteiger partial charge in [-0.1, -0.05) is 11.6 Å². The molecule has 0 fully saturated rings. The molecule has 0 heterocycles. The predicted molar refractivity (Wildman–Crippen MR) is 114 cm³/mol. The maximum Gasteiger partial charge on any atom is 0.387 e. The van der Waals surface area contributed by atoms with Crippen LogP contribution in [0.25, 0.3) is 0 Å². The van der Waals surface area contributed by atoms with Crippen molar-refractivity contribution in [3.63, 3.8) is 0 Å². The van der Waals surface area contributed by atoms with Crippen LogP contribution < -0.4 is 24.8 Å². The van der Waals surface area contributed by atoms with Gasteiger partial charge in [0.15, 0.2) is 6.10 Å². The molecule has 12 heteroatoms. The van der Waals surface area contributed by atoms with Gasteiger partial charge in [-0.2, -0.15) is 8.78 Å². The van der Waals surface area contributed by atoms with E-state index in [-0.39, 0.29) is 22.0 Å². The first kappa shape index (κ1) is 25.7. The molecule has 0 aromatic heterocycles. The smallest absolute Gasteiger partial charge is 0.387 e. The zero-order valence-corrected chi connectivity index (χ0v) is 18.6. The Labute approximate surface area is 192 Å². The van der Waals surface area contributed by atoms with E-state index in [1.54, 1.807) is 6.07 Å². The molecule has 0 aliphatic heterocycles.